The zero-order chi connectivity index (χ0) is 26.4. The first-order chi connectivity index (χ1) is 17.5. The van der Waals surface area contributed by atoms with Crippen LogP contribution in [0, 0.1) is 11.3 Å². The van der Waals surface area contributed by atoms with E-state index in [2.05, 4.69) is 47.0 Å². The Morgan fingerprint density at radius 3 is 2.43 bits per heavy atom. The third-order valence-corrected chi connectivity index (χ3v) is 8.10. The van der Waals surface area contributed by atoms with Crippen LogP contribution in [0.5, 0.6) is 0 Å². The molecular formula is C29H35F3N4O. The van der Waals surface area contributed by atoms with E-state index in [0.717, 1.165) is 55.5 Å². The molecule has 37 heavy (non-hydrogen) atoms. The number of alkyl halides is 3. The third-order valence-electron chi connectivity index (χ3n) is 8.10. The highest BCUT2D eigenvalue weighted by molar-refractivity contribution is 5.69. The average molecular weight is 513 g/mol. The van der Waals surface area contributed by atoms with Crippen molar-refractivity contribution in [2.45, 2.75) is 58.2 Å². The smallest absolute Gasteiger partial charge is 0.396 e. The molecule has 1 N–H and O–H groups in total. The lowest BCUT2D eigenvalue weighted by molar-refractivity contribution is -0.141. The highest BCUT2D eigenvalue weighted by Gasteiger charge is 2.34. The predicted octanol–water partition coefficient (Wildman–Crippen LogP) is 6.28. The normalized spacial score (nSPS) is 19.4. The summed E-state index contributed by atoms with van der Waals surface area (Å²) in [4.78, 5) is 6.13. The second kappa shape index (κ2) is 9.87. The van der Waals surface area contributed by atoms with Crippen LogP contribution in [0.15, 0.2) is 42.6 Å². The molecule has 5 rings (SSSR count). The SMILES string of the molecule is Cn1nc(-c2ccc(CN3CCC[C@H](C(C)(C)CO)C3)c(C3CC3)c2)cc1-c1ccc(C(F)(F)F)nc1. The molecule has 0 radical (unpaired) electrons. The second-order valence-corrected chi connectivity index (χ2v) is 11.4. The Hall–Kier alpha value is -2.71. The molecule has 3 aromatic rings. The van der Waals surface area contributed by atoms with Gasteiger partial charge in [0.05, 0.1) is 11.4 Å². The molecule has 1 saturated carbocycles. The summed E-state index contributed by atoms with van der Waals surface area (Å²) in [6.45, 7) is 7.52. The van der Waals surface area contributed by atoms with E-state index in [0.29, 0.717) is 17.4 Å². The summed E-state index contributed by atoms with van der Waals surface area (Å²) in [5, 5.41) is 14.5. The van der Waals surface area contributed by atoms with Gasteiger partial charge < -0.3 is 5.11 Å². The number of nitrogens with zero attached hydrogens (tertiary/aromatic N) is 4. The number of aliphatic hydroxyl groups is 1. The Labute approximate surface area is 216 Å². The fourth-order valence-electron chi connectivity index (χ4n) is 5.47. The first-order valence-electron chi connectivity index (χ1n) is 13.1. The molecule has 5 nitrogen and oxygen atoms in total. The summed E-state index contributed by atoms with van der Waals surface area (Å²) >= 11 is 0. The Morgan fingerprint density at radius 1 is 1.03 bits per heavy atom. The fourth-order valence-corrected chi connectivity index (χ4v) is 5.47. The number of halogens is 3. The number of aromatic nitrogens is 3. The van der Waals surface area contributed by atoms with E-state index in [1.54, 1.807) is 11.7 Å². The standard InChI is InChI=1S/C29H35F3N4O/c1-28(2,18-37)23-5-4-12-36(17-23)16-22-9-8-20(13-24(22)19-6-7-19)25-14-26(35(3)34-25)21-10-11-27(33-15-21)29(30,31)32/h8-11,13-15,19,23,37H,4-7,12,16-18H2,1-3H3/t23-/m0/s1. The van der Waals surface area contributed by atoms with Crippen LogP contribution < -0.4 is 0 Å². The van der Waals surface area contributed by atoms with Gasteiger partial charge in [-0.1, -0.05) is 26.0 Å². The number of likely N-dealkylation sites (tertiary alicyclic amines) is 1. The summed E-state index contributed by atoms with van der Waals surface area (Å²) in [6.07, 6.45) is 1.51. The van der Waals surface area contributed by atoms with Gasteiger partial charge in [-0.05, 0) is 84.9 Å². The molecule has 1 aliphatic heterocycles. The molecule has 0 unspecified atom stereocenters. The maximum atomic E-state index is 12.9. The number of rotatable bonds is 7. The van der Waals surface area contributed by atoms with Gasteiger partial charge in [-0.2, -0.15) is 18.3 Å². The number of hydrogen-bond acceptors (Lipinski definition) is 4. The monoisotopic (exact) mass is 512 g/mol. The molecule has 1 aliphatic carbocycles. The first kappa shape index (κ1) is 25.9. The molecule has 2 fully saturated rings. The van der Waals surface area contributed by atoms with Crippen LogP contribution in [0.1, 0.15) is 62.3 Å². The van der Waals surface area contributed by atoms with Crippen molar-refractivity contribution >= 4 is 0 Å². The van der Waals surface area contributed by atoms with Gasteiger partial charge in [-0.25, -0.2) is 0 Å². The van der Waals surface area contributed by atoms with Gasteiger partial charge in [0, 0.05) is 44.1 Å². The van der Waals surface area contributed by atoms with Crippen LogP contribution in [0.3, 0.4) is 0 Å². The van der Waals surface area contributed by atoms with Crippen LogP contribution in [0.25, 0.3) is 22.5 Å². The van der Waals surface area contributed by atoms with Crippen LogP contribution in [-0.4, -0.2) is 44.5 Å². The number of pyridine rings is 1. The average Bonchev–Trinajstić information content (AvgIpc) is 3.65. The van der Waals surface area contributed by atoms with Crippen molar-refractivity contribution in [1.29, 1.82) is 0 Å². The summed E-state index contributed by atoms with van der Waals surface area (Å²) in [5.74, 6) is 1.06. The zero-order valence-corrected chi connectivity index (χ0v) is 21.7. The van der Waals surface area contributed by atoms with Gasteiger partial charge in [0.25, 0.3) is 0 Å². The maximum absolute atomic E-state index is 12.9. The highest BCUT2D eigenvalue weighted by Crippen LogP contribution is 2.44. The molecule has 1 atom stereocenters. The lowest BCUT2D eigenvalue weighted by Crippen LogP contribution is -2.42. The Bertz CT molecular complexity index is 1250. The molecule has 2 aromatic heterocycles. The van der Waals surface area contributed by atoms with Crippen molar-refractivity contribution < 1.29 is 18.3 Å². The number of aliphatic hydroxyl groups excluding tert-OH is 1. The molecular weight excluding hydrogens is 477 g/mol. The summed E-state index contributed by atoms with van der Waals surface area (Å²) in [5.41, 5.74) is 4.91. The van der Waals surface area contributed by atoms with Crippen LogP contribution in [0.4, 0.5) is 13.2 Å². The Balaban J connectivity index is 1.37. The topological polar surface area (TPSA) is 54.2 Å². The van der Waals surface area contributed by atoms with Gasteiger partial charge in [-0.3, -0.25) is 14.6 Å². The van der Waals surface area contributed by atoms with Gasteiger partial charge in [0.2, 0.25) is 0 Å². The summed E-state index contributed by atoms with van der Waals surface area (Å²) in [7, 11) is 1.80. The molecule has 198 valence electrons. The molecule has 8 heteroatoms. The van der Waals surface area contributed by atoms with Crippen molar-refractivity contribution in [1.82, 2.24) is 19.7 Å². The van der Waals surface area contributed by atoms with Gasteiger partial charge in [0.15, 0.2) is 0 Å². The summed E-state index contributed by atoms with van der Waals surface area (Å²) < 4.78 is 40.4. The number of piperidine rings is 1. The van der Waals surface area contributed by atoms with E-state index in [1.807, 2.05) is 6.07 Å². The minimum absolute atomic E-state index is 0.0683. The van der Waals surface area contributed by atoms with Crippen molar-refractivity contribution in [2.24, 2.45) is 18.4 Å². The van der Waals surface area contributed by atoms with E-state index in [4.69, 9.17) is 0 Å². The van der Waals surface area contributed by atoms with E-state index >= 15 is 0 Å². The van der Waals surface area contributed by atoms with E-state index in [1.165, 1.54) is 36.2 Å². The third kappa shape index (κ3) is 5.60. The van der Waals surface area contributed by atoms with Gasteiger partial charge in [0.1, 0.15) is 5.69 Å². The molecule has 2 aliphatic rings. The van der Waals surface area contributed by atoms with Crippen molar-refractivity contribution in [2.75, 3.05) is 19.7 Å². The van der Waals surface area contributed by atoms with Crippen molar-refractivity contribution in [3.05, 3.63) is 59.4 Å². The highest BCUT2D eigenvalue weighted by atomic mass is 19.4. The van der Waals surface area contributed by atoms with Gasteiger partial charge in [-0.15, -0.1) is 0 Å². The predicted molar refractivity (Wildman–Crippen MR) is 138 cm³/mol. The Kier molecular flexibility index (Phi) is 6.92. The molecule has 0 spiro atoms. The largest absolute Gasteiger partial charge is 0.433 e. The quantitative estimate of drug-likeness (QED) is 0.405. The number of hydrogen-bond donors (Lipinski definition) is 1. The number of aryl methyl sites for hydroxylation is 1. The zero-order valence-electron chi connectivity index (χ0n) is 21.7. The number of benzene rings is 1. The van der Waals surface area contributed by atoms with Crippen molar-refractivity contribution in [3.8, 4) is 22.5 Å². The lowest BCUT2D eigenvalue weighted by Gasteiger charge is -2.41. The fraction of sp³-hybridized carbons (Fsp3) is 0.517. The van der Waals surface area contributed by atoms with E-state index in [-0.39, 0.29) is 12.0 Å². The maximum Gasteiger partial charge on any atom is 0.433 e. The van der Waals surface area contributed by atoms with Gasteiger partial charge >= 0.3 is 6.18 Å². The summed E-state index contributed by atoms with van der Waals surface area (Å²) in [6, 6.07) is 11.0. The molecule has 1 saturated heterocycles. The molecule has 0 amide bonds. The Morgan fingerprint density at radius 2 is 1.78 bits per heavy atom. The van der Waals surface area contributed by atoms with Crippen molar-refractivity contribution in [3.63, 3.8) is 0 Å². The minimum atomic E-state index is -4.46. The molecule has 3 heterocycles. The van der Waals surface area contributed by atoms with Crippen LogP contribution in [-0.2, 0) is 19.8 Å². The van der Waals surface area contributed by atoms with E-state index in [9.17, 15) is 18.3 Å². The molecule has 1 aromatic carbocycles. The first-order valence-corrected chi connectivity index (χ1v) is 13.1. The van der Waals surface area contributed by atoms with Crippen LogP contribution in [0.2, 0.25) is 0 Å². The molecule has 0 bridgehead atoms. The minimum Gasteiger partial charge on any atom is -0.396 e. The second-order valence-electron chi connectivity index (χ2n) is 11.4. The van der Waals surface area contributed by atoms with E-state index < -0.39 is 11.9 Å². The van der Waals surface area contributed by atoms with Crippen LogP contribution >= 0.6 is 0 Å². The lowest BCUT2D eigenvalue weighted by atomic mass is 9.75.